The summed E-state index contributed by atoms with van der Waals surface area (Å²) in [4.78, 5) is 35.2. The van der Waals surface area contributed by atoms with Crippen molar-refractivity contribution in [3.63, 3.8) is 0 Å². The van der Waals surface area contributed by atoms with E-state index in [1.54, 1.807) is 0 Å². The van der Waals surface area contributed by atoms with Crippen LogP contribution in [0.2, 0.25) is 0 Å². The predicted octanol–water partition coefficient (Wildman–Crippen LogP) is 0.301. The summed E-state index contributed by atoms with van der Waals surface area (Å²) in [5.74, 6) is -0.512. The van der Waals surface area contributed by atoms with E-state index in [0.717, 1.165) is 37.4 Å². The van der Waals surface area contributed by atoms with E-state index in [2.05, 4.69) is 20.2 Å². The summed E-state index contributed by atoms with van der Waals surface area (Å²) in [5, 5.41) is 12.2. The monoisotopic (exact) mass is 398 g/mol. The quantitative estimate of drug-likeness (QED) is 0.631. The summed E-state index contributed by atoms with van der Waals surface area (Å²) >= 11 is 0. The highest BCUT2D eigenvalue weighted by Crippen LogP contribution is 2.27. The van der Waals surface area contributed by atoms with Crippen LogP contribution < -0.4 is 20.5 Å². The zero-order chi connectivity index (χ0) is 20.5. The van der Waals surface area contributed by atoms with Crippen molar-refractivity contribution in [2.24, 2.45) is 7.05 Å². The van der Waals surface area contributed by atoms with Crippen molar-refractivity contribution < 1.29 is 14.6 Å². The van der Waals surface area contributed by atoms with Gasteiger partial charge in [0.2, 0.25) is 5.95 Å². The van der Waals surface area contributed by atoms with Gasteiger partial charge in [0.1, 0.15) is 0 Å². The number of imidazole rings is 1. The number of rotatable bonds is 5. The minimum absolute atomic E-state index is 0.0776. The number of carboxylic acid groups (broad SMARTS) is 1. The van der Waals surface area contributed by atoms with Gasteiger partial charge in [-0.3, -0.25) is 13.9 Å². The molecule has 10 heteroatoms. The Hall–Kier alpha value is -3.40. The molecule has 152 valence electrons. The predicted molar refractivity (Wildman–Crippen MR) is 107 cm³/mol. The molecule has 0 aliphatic carbocycles. The van der Waals surface area contributed by atoms with Crippen LogP contribution in [-0.4, -0.2) is 63.0 Å². The van der Waals surface area contributed by atoms with Crippen molar-refractivity contribution in [2.45, 2.75) is 6.92 Å². The maximum absolute atomic E-state index is 13.2. The molecule has 10 nitrogen and oxygen atoms in total. The van der Waals surface area contributed by atoms with Gasteiger partial charge in [-0.15, -0.1) is 0 Å². The maximum atomic E-state index is 13.2. The van der Waals surface area contributed by atoms with Gasteiger partial charge in [-0.05, 0) is 18.6 Å². The summed E-state index contributed by atoms with van der Waals surface area (Å²) in [6.45, 7) is 4.51. The average molecular weight is 398 g/mol. The number of nitrogens with zero attached hydrogens (tertiary/aromatic N) is 5. The Bertz CT molecular complexity index is 1130. The second-order valence-electron chi connectivity index (χ2n) is 6.88. The molecule has 0 saturated carbocycles. The number of carbonyl (C=O) groups is 1. The Morgan fingerprint density at radius 3 is 2.66 bits per heavy atom. The lowest BCUT2D eigenvalue weighted by Crippen LogP contribution is -2.44. The fourth-order valence-electron chi connectivity index (χ4n) is 3.45. The van der Waals surface area contributed by atoms with Gasteiger partial charge >= 0.3 is 12.0 Å². The molecule has 1 saturated heterocycles. The van der Waals surface area contributed by atoms with Crippen molar-refractivity contribution in [3.05, 3.63) is 40.2 Å². The van der Waals surface area contributed by atoms with Crippen LogP contribution in [0.15, 0.2) is 29.1 Å². The Balaban J connectivity index is 1.97. The van der Waals surface area contributed by atoms with Gasteiger partial charge in [-0.2, -0.15) is 9.97 Å². The first kappa shape index (κ1) is 18.9. The number of aliphatic carboxylic acids is 1. The molecular weight excluding hydrogens is 376 g/mol. The van der Waals surface area contributed by atoms with E-state index < -0.39 is 12.6 Å². The van der Waals surface area contributed by atoms with E-state index >= 15 is 0 Å². The number of nitrogens with one attached hydrogen (secondary N) is 1. The lowest BCUT2D eigenvalue weighted by atomic mass is 10.2. The van der Waals surface area contributed by atoms with E-state index in [4.69, 9.17) is 9.84 Å². The van der Waals surface area contributed by atoms with Crippen LogP contribution in [0.1, 0.15) is 5.56 Å². The number of piperazine rings is 1. The molecule has 0 unspecified atom stereocenters. The fraction of sp³-hybridized carbons (Fsp3) is 0.368. The van der Waals surface area contributed by atoms with Crippen molar-refractivity contribution >= 4 is 23.1 Å². The first-order valence-corrected chi connectivity index (χ1v) is 9.33. The largest absolute Gasteiger partial charge is 0.479 e. The number of hydrogen-bond acceptors (Lipinski definition) is 7. The number of anilines is 1. The number of carboxylic acids is 1. The number of hydrogen-bond donors (Lipinski definition) is 2. The minimum Gasteiger partial charge on any atom is -0.479 e. The molecule has 2 N–H and O–H groups in total. The minimum atomic E-state index is -1.15. The highest BCUT2D eigenvalue weighted by Gasteiger charge is 2.25. The molecular formula is C19H22N6O4. The lowest BCUT2D eigenvalue weighted by Gasteiger charge is -2.29. The van der Waals surface area contributed by atoms with E-state index in [9.17, 15) is 9.59 Å². The molecule has 0 spiro atoms. The third-order valence-electron chi connectivity index (χ3n) is 4.92. The van der Waals surface area contributed by atoms with E-state index in [1.807, 2.05) is 35.8 Å². The van der Waals surface area contributed by atoms with E-state index in [0.29, 0.717) is 11.5 Å². The maximum Gasteiger partial charge on any atom is 0.341 e. The molecule has 0 bridgehead atoms. The summed E-state index contributed by atoms with van der Waals surface area (Å²) < 4.78 is 8.24. The van der Waals surface area contributed by atoms with Crippen molar-refractivity contribution in [1.29, 1.82) is 0 Å². The van der Waals surface area contributed by atoms with Gasteiger partial charge in [0.25, 0.3) is 5.56 Å². The normalized spacial score (nSPS) is 14.3. The number of aromatic nitrogens is 4. The molecule has 1 fully saturated rings. The zero-order valence-corrected chi connectivity index (χ0v) is 16.3. The number of para-hydroxylation sites is 1. The number of benzene rings is 1. The van der Waals surface area contributed by atoms with Crippen LogP contribution in [0.5, 0.6) is 6.01 Å². The van der Waals surface area contributed by atoms with Crippen LogP contribution in [0.25, 0.3) is 16.9 Å². The Morgan fingerprint density at radius 2 is 1.97 bits per heavy atom. The van der Waals surface area contributed by atoms with Gasteiger partial charge in [0.15, 0.2) is 17.8 Å². The molecule has 2 aromatic heterocycles. The standard InChI is InChI=1S/C19H22N6O4/c1-12-5-3-4-6-13(12)25-15-16(21-18(25)24-9-7-20-8-10-24)22-19(23(2)17(15)28)29-11-14(26)27/h3-6,20H,7-11H2,1-2H3,(H,26,27). The fourth-order valence-corrected chi connectivity index (χ4v) is 3.45. The van der Waals surface area contributed by atoms with Gasteiger partial charge in [-0.1, -0.05) is 18.2 Å². The summed E-state index contributed by atoms with van der Waals surface area (Å²) in [6, 6.07) is 7.70. The zero-order valence-electron chi connectivity index (χ0n) is 16.3. The van der Waals surface area contributed by atoms with E-state index in [-0.39, 0.29) is 17.2 Å². The highest BCUT2D eigenvalue weighted by molar-refractivity contribution is 5.78. The number of ether oxygens (including phenoxy) is 1. The van der Waals surface area contributed by atoms with E-state index in [1.165, 1.54) is 11.6 Å². The van der Waals surface area contributed by atoms with Gasteiger partial charge < -0.3 is 20.1 Å². The van der Waals surface area contributed by atoms with Crippen LogP contribution in [0.4, 0.5) is 5.95 Å². The second-order valence-corrected chi connectivity index (χ2v) is 6.88. The van der Waals surface area contributed by atoms with Crippen molar-refractivity contribution in [3.8, 4) is 11.7 Å². The molecule has 3 aromatic rings. The average Bonchev–Trinajstić information content (AvgIpc) is 3.10. The SMILES string of the molecule is Cc1ccccc1-n1c(N2CCNCC2)nc2nc(OCC(=O)O)n(C)c(=O)c21. The third-order valence-corrected chi connectivity index (χ3v) is 4.92. The van der Waals surface area contributed by atoms with Crippen molar-refractivity contribution in [2.75, 3.05) is 37.7 Å². The molecule has 0 atom stereocenters. The Labute approximate surface area is 166 Å². The van der Waals surface area contributed by atoms with Gasteiger partial charge in [0.05, 0.1) is 5.69 Å². The molecule has 1 aromatic carbocycles. The topological polar surface area (TPSA) is 115 Å². The molecule has 1 aliphatic heterocycles. The lowest BCUT2D eigenvalue weighted by molar-refractivity contribution is -0.139. The summed E-state index contributed by atoms with van der Waals surface area (Å²) in [5.41, 5.74) is 2.05. The molecule has 4 rings (SSSR count). The Kier molecular flexibility index (Phi) is 4.93. The first-order valence-electron chi connectivity index (χ1n) is 9.33. The Morgan fingerprint density at radius 1 is 1.24 bits per heavy atom. The smallest absolute Gasteiger partial charge is 0.341 e. The molecule has 0 radical (unpaired) electrons. The number of aryl methyl sites for hydroxylation is 1. The summed E-state index contributed by atoms with van der Waals surface area (Å²) in [7, 11) is 1.51. The van der Waals surface area contributed by atoms with Crippen LogP contribution >= 0.6 is 0 Å². The molecule has 0 amide bonds. The molecule has 29 heavy (non-hydrogen) atoms. The van der Waals surface area contributed by atoms with Crippen LogP contribution in [-0.2, 0) is 11.8 Å². The second kappa shape index (κ2) is 7.55. The van der Waals surface area contributed by atoms with Gasteiger partial charge in [-0.25, -0.2) is 4.79 Å². The molecule has 3 heterocycles. The number of fused-ring (bicyclic) bond motifs is 1. The molecule has 1 aliphatic rings. The first-order chi connectivity index (χ1) is 14.0. The van der Waals surface area contributed by atoms with Crippen LogP contribution in [0.3, 0.4) is 0 Å². The van der Waals surface area contributed by atoms with Crippen molar-refractivity contribution in [1.82, 2.24) is 24.4 Å². The van der Waals surface area contributed by atoms with Gasteiger partial charge in [0, 0.05) is 33.2 Å². The highest BCUT2D eigenvalue weighted by atomic mass is 16.5. The summed E-state index contributed by atoms with van der Waals surface area (Å²) in [6.07, 6.45) is 0. The third kappa shape index (κ3) is 3.42. The van der Waals surface area contributed by atoms with Crippen LogP contribution in [0, 0.1) is 6.92 Å².